The molecule has 1 aromatic carbocycles. The maximum Gasteiger partial charge on any atom is 0.167 e. The number of hydrogen-bond donors (Lipinski definition) is 0. The first-order valence-electron chi connectivity index (χ1n) is 6.60. The molecule has 0 bridgehead atoms. The molecule has 0 atom stereocenters. The lowest BCUT2D eigenvalue weighted by Crippen LogP contribution is -2.06. The zero-order valence-electron chi connectivity index (χ0n) is 11.4. The zero-order valence-corrected chi connectivity index (χ0v) is 11.4. The lowest BCUT2D eigenvalue weighted by Gasteiger charge is -2.03. The van der Waals surface area contributed by atoms with Crippen molar-refractivity contribution in [3.8, 4) is 5.69 Å². The van der Waals surface area contributed by atoms with E-state index in [1.54, 1.807) is 12.4 Å². The summed E-state index contributed by atoms with van der Waals surface area (Å²) in [7, 11) is 0. The summed E-state index contributed by atoms with van der Waals surface area (Å²) in [5.74, 6) is 0.131. The summed E-state index contributed by atoms with van der Waals surface area (Å²) in [5, 5.41) is 8.67. The summed E-state index contributed by atoms with van der Waals surface area (Å²) in [4.78, 5) is 12.4. The fourth-order valence-electron chi connectivity index (χ4n) is 2.33. The van der Waals surface area contributed by atoms with Crippen LogP contribution in [-0.2, 0) is 0 Å². The molecule has 4 heteroatoms. The van der Waals surface area contributed by atoms with E-state index >= 15 is 0 Å². The van der Waals surface area contributed by atoms with Crippen LogP contribution in [-0.4, -0.2) is 20.5 Å². The van der Waals surface area contributed by atoms with E-state index in [2.05, 4.69) is 10.2 Å². The fourth-order valence-corrected chi connectivity index (χ4v) is 2.33. The summed E-state index contributed by atoms with van der Waals surface area (Å²) in [5.41, 5.74) is 2.66. The van der Waals surface area contributed by atoms with E-state index in [-0.39, 0.29) is 11.7 Å². The van der Waals surface area contributed by atoms with Gasteiger partial charge in [-0.3, -0.25) is 4.79 Å². The molecule has 4 nitrogen and oxygen atoms in total. The summed E-state index contributed by atoms with van der Waals surface area (Å²) in [6.45, 7) is 3.84. The number of nitrogens with zero attached hydrogens (tertiary/aromatic N) is 3. The Bertz CT molecular complexity index is 760. The summed E-state index contributed by atoms with van der Waals surface area (Å²) >= 11 is 0. The van der Waals surface area contributed by atoms with Crippen LogP contribution in [0.2, 0.25) is 0 Å². The smallest absolute Gasteiger partial charge is 0.167 e. The van der Waals surface area contributed by atoms with E-state index in [0.29, 0.717) is 0 Å². The van der Waals surface area contributed by atoms with E-state index in [9.17, 15) is 4.79 Å². The minimum atomic E-state index is -0.0233. The minimum Gasteiger partial charge on any atom is -0.314 e. The maximum absolute atomic E-state index is 12.4. The monoisotopic (exact) mass is 265 g/mol. The molecule has 0 saturated carbocycles. The molecule has 0 fully saturated rings. The van der Waals surface area contributed by atoms with E-state index in [4.69, 9.17) is 0 Å². The van der Waals surface area contributed by atoms with Gasteiger partial charge in [-0.15, -0.1) is 0 Å². The molecule has 0 aliphatic carbocycles. The highest BCUT2D eigenvalue weighted by atomic mass is 16.1. The SMILES string of the molecule is CC(C)C(=O)c1cn(-c2ccnnc2)c2ccccc12. The van der Waals surface area contributed by atoms with Gasteiger partial charge in [0.2, 0.25) is 0 Å². The summed E-state index contributed by atoms with van der Waals surface area (Å²) in [6, 6.07) is 9.79. The molecule has 3 aromatic rings. The van der Waals surface area contributed by atoms with Crippen LogP contribution in [0.3, 0.4) is 0 Å². The lowest BCUT2D eigenvalue weighted by atomic mass is 10.0. The van der Waals surface area contributed by atoms with Crippen molar-refractivity contribution in [1.82, 2.24) is 14.8 Å². The van der Waals surface area contributed by atoms with Gasteiger partial charge in [-0.2, -0.15) is 10.2 Å². The van der Waals surface area contributed by atoms with E-state index in [1.165, 1.54) is 0 Å². The molecule has 0 aliphatic rings. The third-order valence-electron chi connectivity index (χ3n) is 3.35. The molecule has 0 radical (unpaired) electrons. The Balaban J connectivity index is 2.27. The number of rotatable bonds is 3. The lowest BCUT2D eigenvalue weighted by molar-refractivity contribution is 0.0941. The maximum atomic E-state index is 12.4. The van der Waals surface area contributed by atoms with Crippen LogP contribution in [0.15, 0.2) is 48.9 Å². The Morgan fingerprint density at radius 1 is 1.15 bits per heavy atom. The van der Waals surface area contributed by atoms with Gasteiger partial charge in [0.25, 0.3) is 0 Å². The Morgan fingerprint density at radius 2 is 1.95 bits per heavy atom. The number of aromatic nitrogens is 3. The van der Waals surface area contributed by atoms with Crippen molar-refractivity contribution in [3.05, 3.63) is 54.5 Å². The second kappa shape index (κ2) is 4.89. The fraction of sp³-hybridized carbons (Fsp3) is 0.188. The molecule has 2 aromatic heterocycles. The molecule has 3 rings (SSSR count). The highest BCUT2D eigenvalue weighted by Crippen LogP contribution is 2.26. The minimum absolute atomic E-state index is 0.0233. The number of hydrogen-bond acceptors (Lipinski definition) is 3. The van der Waals surface area contributed by atoms with Crippen molar-refractivity contribution in [3.63, 3.8) is 0 Å². The molecule has 0 N–H and O–H groups in total. The van der Waals surface area contributed by atoms with Crippen molar-refractivity contribution in [2.45, 2.75) is 13.8 Å². The molecule has 0 saturated heterocycles. The Labute approximate surface area is 117 Å². The Hall–Kier alpha value is -2.49. The summed E-state index contributed by atoms with van der Waals surface area (Å²) in [6.07, 6.45) is 5.23. The molecule has 2 heterocycles. The van der Waals surface area contributed by atoms with Gasteiger partial charge < -0.3 is 4.57 Å². The van der Waals surface area contributed by atoms with Crippen LogP contribution in [0.25, 0.3) is 16.6 Å². The third-order valence-corrected chi connectivity index (χ3v) is 3.35. The molecule has 0 spiro atoms. The van der Waals surface area contributed by atoms with Crippen molar-refractivity contribution in [2.24, 2.45) is 5.92 Å². The number of para-hydroxylation sites is 1. The van der Waals surface area contributed by atoms with Gasteiger partial charge in [0, 0.05) is 23.1 Å². The van der Waals surface area contributed by atoms with Gasteiger partial charge in [-0.25, -0.2) is 0 Å². The van der Waals surface area contributed by atoms with Crippen molar-refractivity contribution in [2.75, 3.05) is 0 Å². The molecular formula is C16H15N3O. The molecule has 0 amide bonds. The standard InChI is InChI=1S/C16H15N3O/c1-11(2)16(20)14-10-19(12-7-8-17-18-9-12)15-6-4-3-5-13(14)15/h3-11H,1-2H3. The Kier molecular flexibility index (Phi) is 3.06. The number of fused-ring (bicyclic) bond motifs is 1. The number of carbonyl (C=O) groups excluding carboxylic acids is 1. The van der Waals surface area contributed by atoms with Crippen LogP contribution in [0.4, 0.5) is 0 Å². The molecule has 100 valence electrons. The van der Waals surface area contributed by atoms with E-state index < -0.39 is 0 Å². The highest BCUT2D eigenvalue weighted by Gasteiger charge is 2.17. The second-order valence-electron chi connectivity index (χ2n) is 5.05. The van der Waals surface area contributed by atoms with Gasteiger partial charge in [0.15, 0.2) is 5.78 Å². The average molecular weight is 265 g/mol. The van der Waals surface area contributed by atoms with Gasteiger partial charge in [-0.1, -0.05) is 32.0 Å². The van der Waals surface area contributed by atoms with Crippen LogP contribution in [0, 0.1) is 5.92 Å². The third kappa shape index (κ3) is 1.99. The normalized spacial score (nSPS) is 11.2. The quantitative estimate of drug-likeness (QED) is 0.683. The van der Waals surface area contributed by atoms with E-state index in [1.807, 2.05) is 54.9 Å². The Morgan fingerprint density at radius 3 is 2.65 bits per heavy atom. The van der Waals surface area contributed by atoms with Crippen molar-refractivity contribution in [1.29, 1.82) is 0 Å². The number of Topliss-reactive ketones (excluding diaryl/α,β-unsaturated/α-hetero) is 1. The topological polar surface area (TPSA) is 47.8 Å². The molecule has 0 unspecified atom stereocenters. The second-order valence-corrected chi connectivity index (χ2v) is 5.05. The van der Waals surface area contributed by atoms with Gasteiger partial charge in [0.05, 0.1) is 23.6 Å². The first-order chi connectivity index (χ1) is 9.68. The van der Waals surface area contributed by atoms with Crippen LogP contribution >= 0.6 is 0 Å². The highest BCUT2D eigenvalue weighted by molar-refractivity contribution is 6.09. The van der Waals surface area contributed by atoms with Gasteiger partial charge in [-0.05, 0) is 12.1 Å². The summed E-state index contributed by atoms with van der Waals surface area (Å²) < 4.78 is 1.99. The molecule has 0 aliphatic heterocycles. The zero-order chi connectivity index (χ0) is 14.1. The predicted molar refractivity (Wildman–Crippen MR) is 78.0 cm³/mol. The predicted octanol–water partition coefficient (Wildman–Crippen LogP) is 3.26. The van der Waals surface area contributed by atoms with Crippen LogP contribution in [0.1, 0.15) is 24.2 Å². The number of ketones is 1. The molecular weight excluding hydrogens is 250 g/mol. The first kappa shape index (κ1) is 12.5. The average Bonchev–Trinajstić information content (AvgIpc) is 2.87. The van der Waals surface area contributed by atoms with Gasteiger partial charge in [0.1, 0.15) is 0 Å². The number of carbonyl (C=O) groups is 1. The van der Waals surface area contributed by atoms with Crippen molar-refractivity contribution >= 4 is 16.7 Å². The molecule has 20 heavy (non-hydrogen) atoms. The largest absolute Gasteiger partial charge is 0.314 e. The van der Waals surface area contributed by atoms with Gasteiger partial charge >= 0.3 is 0 Å². The van der Waals surface area contributed by atoms with Crippen molar-refractivity contribution < 1.29 is 4.79 Å². The van der Waals surface area contributed by atoms with Crippen LogP contribution in [0.5, 0.6) is 0 Å². The first-order valence-corrected chi connectivity index (χ1v) is 6.60. The number of benzene rings is 1. The van der Waals surface area contributed by atoms with E-state index in [0.717, 1.165) is 22.2 Å². The van der Waals surface area contributed by atoms with Crippen LogP contribution < -0.4 is 0 Å².